The van der Waals surface area contributed by atoms with E-state index in [1.807, 2.05) is 19.1 Å². The Morgan fingerprint density at radius 2 is 1.95 bits per heavy atom. The van der Waals surface area contributed by atoms with Gasteiger partial charge in [0.05, 0.1) is 5.75 Å². The molecule has 0 radical (unpaired) electrons. The fourth-order valence-electron chi connectivity index (χ4n) is 1.62. The highest BCUT2D eigenvalue weighted by Crippen LogP contribution is 2.22. The molecule has 0 saturated carbocycles. The molecule has 0 spiro atoms. The Bertz CT molecular complexity index is 474. The van der Waals surface area contributed by atoms with Crippen LogP contribution in [0.5, 0.6) is 0 Å². The van der Waals surface area contributed by atoms with Crippen molar-refractivity contribution in [2.45, 2.75) is 24.3 Å². The van der Waals surface area contributed by atoms with Crippen LogP contribution in [0.1, 0.15) is 13.3 Å². The summed E-state index contributed by atoms with van der Waals surface area (Å²) in [5, 5.41) is 3.34. The van der Waals surface area contributed by atoms with E-state index in [2.05, 4.69) is 33.4 Å². The van der Waals surface area contributed by atoms with Crippen LogP contribution < -0.4 is 5.32 Å². The second-order valence-corrected chi connectivity index (χ2v) is 8.71. The van der Waals surface area contributed by atoms with Crippen LogP contribution >= 0.6 is 27.7 Å². The summed E-state index contributed by atoms with van der Waals surface area (Å²) in [6, 6.07) is 8.39. The third kappa shape index (κ3) is 7.97. The van der Waals surface area contributed by atoms with E-state index in [9.17, 15) is 8.42 Å². The minimum atomic E-state index is -2.88. The van der Waals surface area contributed by atoms with E-state index in [1.54, 1.807) is 11.8 Å². The number of rotatable bonds is 8. The molecule has 1 rings (SSSR count). The predicted molar refractivity (Wildman–Crippen MR) is 86.7 cm³/mol. The first-order valence-corrected chi connectivity index (χ1v) is 10.0. The van der Waals surface area contributed by atoms with Gasteiger partial charge >= 0.3 is 0 Å². The van der Waals surface area contributed by atoms with Gasteiger partial charge in [-0.15, -0.1) is 11.8 Å². The van der Waals surface area contributed by atoms with Gasteiger partial charge in [-0.3, -0.25) is 0 Å². The van der Waals surface area contributed by atoms with Gasteiger partial charge in [-0.05, 0) is 37.2 Å². The van der Waals surface area contributed by atoms with Gasteiger partial charge in [0, 0.05) is 27.4 Å². The molecule has 0 heterocycles. The summed E-state index contributed by atoms with van der Waals surface area (Å²) in [4.78, 5) is 1.20. The molecule has 0 amide bonds. The molecule has 3 nitrogen and oxygen atoms in total. The topological polar surface area (TPSA) is 46.2 Å². The van der Waals surface area contributed by atoms with E-state index in [1.165, 1.54) is 11.2 Å². The lowest BCUT2D eigenvalue weighted by Crippen LogP contribution is -2.33. The fraction of sp³-hybridized carbons (Fsp3) is 0.538. The SMILES string of the molecule is CCNC(CCS(C)(=O)=O)CSc1ccc(Br)cc1. The zero-order valence-corrected chi connectivity index (χ0v) is 14.4. The molecule has 1 aromatic rings. The van der Waals surface area contributed by atoms with Crippen LogP contribution in [-0.2, 0) is 9.84 Å². The van der Waals surface area contributed by atoms with Crippen molar-refractivity contribution in [2.24, 2.45) is 0 Å². The quantitative estimate of drug-likeness (QED) is 0.719. The van der Waals surface area contributed by atoms with E-state index >= 15 is 0 Å². The summed E-state index contributed by atoms with van der Waals surface area (Å²) < 4.78 is 23.5. The summed E-state index contributed by atoms with van der Waals surface area (Å²) >= 11 is 5.16. The summed E-state index contributed by atoms with van der Waals surface area (Å²) in [5.74, 6) is 1.12. The highest BCUT2D eigenvalue weighted by Gasteiger charge is 2.11. The lowest BCUT2D eigenvalue weighted by atomic mass is 10.2. The average molecular weight is 366 g/mol. The smallest absolute Gasteiger partial charge is 0.147 e. The first-order valence-electron chi connectivity index (χ1n) is 6.20. The number of halogens is 1. The van der Waals surface area contributed by atoms with Crippen molar-refractivity contribution in [2.75, 3.05) is 24.3 Å². The Hall–Kier alpha value is -0.0400. The van der Waals surface area contributed by atoms with Gasteiger partial charge in [-0.1, -0.05) is 22.9 Å². The molecule has 0 aliphatic heterocycles. The number of hydrogen-bond donors (Lipinski definition) is 1. The molecule has 1 N–H and O–H groups in total. The van der Waals surface area contributed by atoms with E-state index in [4.69, 9.17) is 0 Å². The highest BCUT2D eigenvalue weighted by molar-refractivity contribution is 9.10. The number of sulfone groups is 1. The molecule has 0 aliphatic carbocycles. The van der Waals surface area contributed by atoms with E-state index in [0.29, 0.717) is 6.42 Å². The van der Waals surface area contributed by atoms with Gasteiger partial charge in [-0.25, -0.2) is 8.42 Å². The van der Waals surface area contributed by atoms with Crippen molar-refractivity contribution in [1.29, 1.82) is 0 Å². The zero-order valence-electron chi connectivity index (χ0n) is 11.2. The van der Waals surface area contributed by atoms with Crippen LogP contribution in [0.3, 0.4) is 0 Å². The Morgan fingerprint density at radius 3 is 2.47 bits per heavy atom. The molecule has 6 heteroatoms. The standard InChI is InChI=1S/C13H20BrNO2S2/c1-3-15-12(8-9-19(2,16)17)10-18-13-6-4-11(14)5-7-13/h4-7,12,15H,3,8-10H2,1-2H3. The molecule has 1 aromatic carbocycles. The van der Waals surface area contributed by atoms with Crippen LogP contribution in [0.15, 0.2) is 33.6 Å². The van der Waals surface area contributed by atoms with Gasteiger partial charge in [0.1, 0.15) is 9.84 Å². The third-order valence-corrected chi connectivity index (χ3v) is 5.28. The maximum absolute atomic E-state index is 11.2. The van der Waals surface area contributed by atoms with Crippen molar-refractivity contribution in [3.63, 3.8) is 0 Å². The van der Waals surface area contributed by atoms with Crippen LogP contribution in [0, 0.1) is 0 Å². The first-order chi connectivity index (χ1) is 8.90. The Morgan fingerprint density at radius 1 is 1.32 bits per heavy atom. The van der Waals surface area contributed by atoms with Crippen molar-refractivity contribution >= 4 is 37.5 Å². The van der Waals surface area contributed by atoms with Gasteiger partial charge in [0.15, 0.2) is 0 Å². The lowest BCUT2D eigenvalue weighted by molar-refractivity contribution is 0.548. The zero-order chi connectivity index (χ0) is 14.3. The minimum absolute atomic E-state index is 0.230. The number of hydrogen-bond acceptors (Lipinski definition) is 4. The van der Waals surface area contributed by atoms with Crippen molar-refractivity contribution in [1.82, 2.24) is 5.32 Å². The lowest BCUT2D eigenvalue weighted by Gasteiger charge is -2.17. The second-order valence-electron chi connectivity index (χ2n) is 4.44. The summed E-state index contributed by atoms with van der Waals surface area (Å²) in [6.45, 7) is 2.90. The van der Waals surface area contributed by atoms with Gasteiger partial charge in [0.25, 0.3) is 0 Å². The van der Waals surface area contributed by atoms with Crippen molar-refractivity contribution in [3.05, 3.63) is 28.7 Å². The fourth-order valence-corrected chi connectivity index (χ4v) is 3.60. The van der Waals surface area contributed by atoms with Crippen LogP contribution in [0.4, 0.5) is 0 Å². The van der Waals surface area contributed by atoms with Crippen LogP contribution in [0.25, 0.3) is 0 Å². The Balaban J connectivity index is 2.47. The minimum Gasteiger partial charge on any atom is -0.313 e. The van der Waals surface area contributed by atoms with Crippen molar-refractivity contribution in [3.8, 4) is 0 Å². The van der Waals surface area contributed by atoms with E-state index < -0.39 is 9.84 Å². The Kier molecular flexibility index (Phi) is 7.42. The maximum atomic E-state index is 11.2. The molecule has 0 aliphatic rings. The molecule has 19 heavy (non-hydrogen) atoms. The van der Waals surface area contributed by atoms with E-state index in [0.717, 1.165) is 16.8 Å². The largest absolute Gasteiger partial charge is 0.313 e. The number of thioether (sulfide) groups is 1. The van der Waals surface area contributed by atoms with Crippen LogP contribution in [-0.4, -0.2) is 38.8 Å². The predicted octanol–water partition coefficient (Wildman–Crippen LogP) is 2.95. The molecule has 0 fully saturated rings. The first kappa shape index (κ1) is 17.0. The maximum Gasteiger partial charge on any atom is 0.147 e. The normalized spacial score (nSPS) is 13.4. The molecule has 0 bridgehead atoms. The number of benzene rings is 1. The Labute approximate surface area is 128 Å². The molecule has 0 saturated heterocycles. The summed E-state index contributed by atoms with van der Waals surface area (Å²) in [7, 11) is -2.88. The third-order valence-electron chi connectivity index (χ3n) is 2.59. The average Bonchev–Trinajstić information content (AvgIpc) is 2.34. The molecule has 1 unspecified atom stereocenters. The van der Waals surface area contributed by atoms with Gasteiger partial charge < -0.3 is 5.32 Å². The number of nitrogens with one attached hydrogen (secondary N) is 1. The van der Waals surface area contributed by atoms with Crippen LogP contribution in [0.2, 0.25) is 0 Å². The van der Waals surface area contributed by atoms with Gasteiger partial charge in [-0.2, -0.15) is 0 Å². The molecule has 1 atom stereocenters. The van der Waals surface area contributed by atoms with E-state index in [-0.39, 0.29) is 11.8 Å². The highest BCUT2D eigenvalue weighted by atomic mass is 79.9. The summed E-state index contributed by atoms with van der Waals surface area (Å²) in [6.07, 6.45) is 1.95. The van der Waals surface area contributed by atoms with Gasteiger partial charge in [0.2, 0.25) is 0 Å². The molecular weight excluding hydrogens is 346 g/mol. The monoisotopic (exact) mass is 365 g/mol. The summed E-state index contributed by atoms with van der Waals surface area (Å²) in [5.41, 5.74) is 0. The molecule has 108 valence electrons. The van der Waals surface area contributed by atoms with Crippen molar-refractivity contribution < 1.29 is 8.42 Å². The molecular formula is C13H20BrNO2S2. The second kappa shape index (κ2) is 8.29. The molecule has 0 aromatic heterocycles.